The lowest BCUT2D eigenvalue weighted by Gasteiger charge is -2.32. The van der Waals surface area contributed by atoms with Crippen molar-refractivity contribution in [2.45, 2.75) is 38.8 Å². The van der Waals surface area contributed by atoms with Crippen molar-refractivity contribution < 1.29 is 9.90 Å². The van der Waals surface area contributed by atoms with Crippen LogP contribution in [0, 0.1) is 6.92 Å². The molecule has 0 unspecified atom stereocenters. The molecule has 1 fully saturated rings. The predicted octanol–water partition coefficient (Wildman–Crippen LogP) is 2.02. The second-order valence-electron chi connectivity index (χ2n) is 5.57. The fourth-order valence-electron chi connectivity index (χ4n) is 2.71. The quantitative estimate of drug-likeness (QED) is 0.834. The van der Waals surface area contributed by atoms with Gasteiger partial charge in [-0.1, -0.05) is 24.3 Å². The summed E-state index contributed by atoms with van der Waals surface area (Å²) in [5, 5.41) is 12.0. The topological polar surface area (TPSA) is 52.6 Å². The van der Waals surface area contributed by atoms with Crippen molar-refractivity contribution in [2.75, 3.05) is 19.6 Å². The minimum atomic E-state index is -0.727. The maximum absolute atomic E-state index is 10.5. The zero-order valence-corrected chi connectivity index (χ0v) is 12.1. The molecule has 110 valence electrons. The van der Waals surface area contributed by atoms with Gasteiger partial charge in [-0.25, -0.2) is 0 Å². The Balaban J connectivity index is 1.72. The highest BCUT2D eigenvalue weighted by molar-refractivity contribution is 5.66. The molecule has 4 nitrogen and oxygen atoms in total. The lowest BCUT2D eigenvalue weighted by molar-refractivity contribution is -0.136. The number of hydrogen-bond acceptors (Lipinski definition) is 3. The molecule has 4 heteroatoms. The predicted molar refractivity (Wildman–Crippen MR) is 79.7 cm³/mol. The number of carbonyl (C=O) groups is 1. The van der Waals surface area contributed by atoms with Crippen LogP contribution in [0.1, 0.15) is 30.4 Å². The number of hydrogen-bond donors (Lipinski definition) is 2. The second-order valence-corrected chi connectivity index (χ2v) is 5.57. The molecule has 2 rings (SSSR count). The number of aryl methyl sites for hydroxylation is 1. The van der Waals surface area contributed by atoms with Crippen LogP contribution in [0.4, 0.5) is 0 Å². The van der Waals surface area contributed by atoms with E-state index in [0.29, 0.717) is 12.6 Å². The van der Waals surface area contributed by atoms with Crippen LogP contribution >= 0.6 is 0 Å². The molecular formula is C16H24N2O2. The standard InChI is InChI=1S/C16H24N2O2/c1-13-4-2-3-5-14(13)12-18-10-7-15(8-11-18)17-9-6-16(19)20/h2-5,15,17H,6-12H2,1H3,(H,19,20). The van der Waals surface area contributed by atoms with E-state index in [0.717, 1.165) is 32.5 Å². The Kier molecular flexibility index (Phi) is 5.56. The lowest BCUT2D eigenvalue weighted by atomic mass is 10.0. The summed E-state index contributed by atoms with van der Waals surface area (Å²) in [6.07, 6.45) is 2.42. The number of nitrogens with zero attached hydrogens (tertiary/aromatic N) is 1. The van der Waals surface area contributed by atoms with Gasteiger partial charge in [0.1, 0.15) is 0 Å². The van der Waals surface area contributed by atoms with Crippen molar-refractivity contribution in [1.29, 1.82) is 0 Å². The number of benzene rings is 1. The molecule has 0 atom stereocenters. The molecule has 0 aliphatic carbocycles. The largest absolute Gasteiger partial charge is 0.481 e. The molecule has 1 aromatic rings. The third-order valence-electron chi connectivity index (χ3n) is 4.01. The van der Waals surface area contributed by atoms with E-state index in [9.17, 15) is 4.79 Å². The van der Waals surface area contributed by atoms with E-state index >= 15 is 0 Å². The Hall–Kier alpha value is -1.39. The summed E-state index contributed by atoms with van der Waals surface area (Å²) in [5.74, 6) is -0.727. The van der Waals surface area contributed by atoms with Crippen LogP contribution in [-0.2, 0) is 11.3 Å². The molecule has 0 bridgehead atoms. The average molecular weight is 276 g/mol. The van der Waals surface area contributed by atoms with Gasteiger partial charge in [-0.15, -0.1) is 0 Å². The van der Waals surface area contributed by atoms with Crippen molar-refractivity contribution in [1.82, 2.24) is 10.2 Å². The Morgan fingerprint density at radius 1 is 1.35 bits per heavy atom. The Bertz CT molecular complexity index is 440. The molecule has 0 spiro atoms. The van der Waals surface area contributed by atoms with Gasteiger partial charge in [-0.2, -0.15) is 0 Å². The van der Waals surface area contributed by atoms with Gasteiger partial charge in [0.15, 0.2) is 0 Å². The van der Waals surface area contributed by atoms with E-state index in [1.807, 2.05) is 0 Å². The van der Waals surface area contributed by atoms with E-state index < -0.39 is 5.97 Å². The molecule has 2 N–H and O–H groups in total. The van der Waals surface area contributed by atoms with Gasteiger partial charge < -0.3 is 10.4 Å². The van der Waals surface area contributed by atoms with E-state index in [1.54, 1.807) is 0 Å². The summed E-state index contributed by atoms with van der Waals surface area (Å²) in [5.41, 5.74) is 2.76. The van der Waals surface area contributed by atoms with Crippen LogP contribution in [0.5, 0.6) is 0 Å². The first-order chi connectivity index (χ1) is 9.65. The van der Waals surface area contributed by atoms with Gasteiger partial charge in [0, 0.05) is 19.1 Å². The number of carboxylic acid groups (broad SMARTS) is 1. The first-order valence-corrected chi connectivity index (χ1v) is 7.37. The van der Waals surface area contributed by atoms with Gasteiger partial charge in [-0.05, 0) is 44.0 Å². The molecule has 20 heavy (non-hydrogen) atoms. The van der Waals surface area contributed by atoms with E-state index in [1.165, 1.54) is 11.1 Å². The van der Waals surface area contributed by atoms with Gasteiger partial charge >= 0.3 is 5.97 Å². The van der Waals surface area contributed by atoms with Crippen LogP contribution < -0.4 is 5.32 Å². The maximum Gasteiger partial charge on any atom is 0.304 e. The van der Waals surface area contributed by atoms with Gasteiger partial charge in [-0.3, -0.25) is 9.69 Å². The molecule has 0 amide bonds. The fraction of sp³-hybridized carbons (Fsp3) is 0.562. The van der Waals surface area contributed by atoms with Crippen LogP contribution in [0.3, 0.4) is 0 Å². The molecule has 1 aromatic carbocycles. The van der Waals surface area contributed by atoms with Crippen LogP contribution in [0.15, 0.2) is 24.3 Å². The van der Waals surface area contributed by atoms with E-state index in [2.05, 4.69) is 41.4 Å². The number of aliphatic carboxylic acids is 1. The average Bonchev–Trinajstić information content (AvgIpc) is 2.43. The van der Waals surface area contributed by atoms with Crippen molar-refractivity contribution in [3.63, 3.8) is 0 Å². The molecule has 1 saturated heterocycles. The van der Waals surface area contributed by atoms with Crippen molar-refractivity contribution in [3.8, 4) is 0 Å². The first-order valence-electron chi connectivity index (χ1n) is 7.37. The third-order valence-corrected chi connectivity index (χ3v) is 4.01. The molecule has 0 radical (unpaired) electrons. The highest BCUT2D eigenvalue weighted by atomic mass is 16.4. The number of piperidine rings is 1. The monoisotopic (exact) mass is 276 g/mol. The minimum absolute atomic E-state index is 0.212. The SMILES string of the molecule is Cc1ccccc1CN1CCC(NCCC(=O)O)CC1. The Morgan fingerprint density at radius 3 is 2.70 bits per heavy atom. The van der Waals surface area contributed by atoms with Crippen molar-refractivity contribution >= 4 is 5.97 Å². The maximum atomic E-state index is 10.5. The molecule has 1 aliphatic rings. The zero-order valence-electron chi connectivity index (χ0n) is 12.1. The molecule has 1 heterocycles. The highest BCUT2D eigenvalue weighted by Gasteiger charge is 2.19. The zero-order chi connectivity index (χ0) is 14.4. The van der Waals surface area contributed by atoms with E-state index in [4.69, 9.17) is 5.11 Å². The summed E-state index contributed by atoms with van der Waals surface area (Å²) in [7, 11) is 0. The van der Waals surface area contributed by atoms with Crippen LogP contribution in [0.2, 0.25) is 0 Å². The Morgan fingerprint density at radius 2 is 2.05 bits per heavy atom. The van der Waals surface area contributed by atoms with Gasteiger partial charge in [0.05, 0.1) is 6.42 Å². The summed E-state index contributed by atoms with van der Waals surface area (Å²) in [6, 6.07) is 9.02. The molecule has 0 saturated carbocycles. The van der Waals surface area contributed by atoms with Gasteiger partial charge in [0.25, 0.3) is 0 Å². The number of rotatable bonds is 6. The molecular weight excluding hydrogens is 252 g/mol. The molecule has 1 aliphatic heterocycles. The highest BCUT2D eigenvalue weighted by Crippen LogP contribution is 2.16. The van der Waals surface area contributed by atoms with Crippen LogP contribution in [0.25, 0.3) is 0 Å². The summed E-state index contributed by atoms with van der Waals surface area (Å²) in [4.78, 5) is 13.0. The second kappa shape index (κ2) is 7.41. The number of nitrogens with one attached hydrogen (secondary N) is 1. The third kappa shape index (κ3) is 4.62. The minimum Gasteiger partial charge on any atom is -0.481 e. The van der Waals surface area contributed by atoms with Crippen LogP contribution in [-0.4, -0.2) is 41.7 Å². The normalized spacial score (nSPS) is 17.2. The fourth-order valence-corrected chi connectivity index (χ4v) is 2.71. The number of likely N-dealkylation sites (tertiary alicyclic amines) is 1. The molecule has 0 aromatic heterocycles. The van der Waals surface area contributed by atoms with Crippen molar-refractivity contribution in [3.05, 3.63) is 35.4 Å². The van der Waals surface area contributed by atoms with Crippen molar-refractivity contribution in [2.24, 2.45) is 0 Å². The first kappa shape index (κ1) is 15.0. The lowest BCUT2D eigenvalue weighted by Crippen LogP contribution is -2.42. The van der Waals surface area contributed by atoms with E-state index in [-0.39, 0.29) is 6.42 Å². The summed E-state index contributed by atoms with van der Waals surface area (Å²) >= 11 is 0. The number of carboxylic acids is 1. The Labute approximate surface area is 120 Å². The van der Waals surface area contributed by atoms with Gasteiger partial charge in [0.2, 0.25) is 0 Å². The summed E-state index contributed by atoms with van der Waals surface area (Å²) in [6.45, 7) is 5.93. The smallest absolute Gasteiger partial charge is 0.304 e. The summed E-state index contributed by atoms with van der Waals surface area (Å²) < 4.78 is 0.